The van der Waals surface area contributed by atoms with Gasteiger partial charge in [-0.2, -0.15) is 0 Å². The number of hydrogen-bond acceptors (Lipinski definition) is 4. The predicted molar refractivity (Wildman–Crippen MR) is 74.5 cm³/mol. The Balaban J connectivity index is -0.000000270. The van der Waals surface area contributed by atoms with Crippen molar-refractivity contribution in [3.8, 4) is 0 Å². The van der Waals surface area contributed by atoms with E-state index in [1.54, 1.807) is 36.4 Å². The van der Waals surface area contributed by atoms with E-state index in [4.69, 9.17) is 0 Å². The van der Waals surface area contributed by atoms with Crippen LogP contribution in [0.5, 0.6) is 0 Å². The van der Waals surface area contributed by atoms with Crippen molar-refractivity contribution >= 4 is 60.8 Å². The maximum absolute atomic E-state index is 10.1. The molecule has 0 fully saturated rings. The molecule has 0 saturated heterocycles. The number of hydrogen-bond donors (Lipinski definition) is 0. The first-order valence-corrected chi connectivity index (χ1v) is 5.14. The number of aromatic carboxylic acids is 2. The van der Waals surface area contributed by atoms with E-state index in [0.29, 0.717) is 0 Å². The van der Waals surface area contributed by atoms with Gasteiger partial charge in [-0.05, 0) is 11.1 Å². The van der Waals surface area contributed by atoms with Crippen LogP contribution in [-0.4, -0.2) is 71.8 Å². The Bertz CT molecular complexity index is 466. The van der Waals surface area contributed by atoms with Crippen molar-refractivity contribution in [2.75, 3.05) is 0 Å². The molecule has 2 rings (SSSR count). The molecule has 0 atom stereocenters. The Morgan fingerprint density at radius 2 is 0.857 bits per heavy atom. The van der Waals surface area contributed by atoms with Crippen LogP contribution >= 0.6 is 0 Å². The Morgan fingerprint density at radius 3 is 1.00 bits per heavy atom. The SMILES string of the molecule is O.O.O=C([O-])c1ccccc1.O=C([O-])c1ccccc1.[Ba+2]. The summed E-state index contributed by atoms with van der Waals surface area (Å²) in [6, 6.07) is 16.1. The minimum Gasteiger partial charge on any atom is -0.545 e. The van der Waals surface area contributed by atoms with Crippen molar-refractivity contribution in [3.63, 3.8) is 0 Å². The third kappa shape index (κ3) is 10.3. The number of benzene rings is 2. The van der Waals surface area contributed by atoms with E-state index in [1.807, 2.05) is 0 Å². The molecule has 0 aromatic heterocycles. The molecule has 0 radical (unpaired) electrons. The van der Waals surface area contributed by atoms with Gasteiger partial charge in [0.15, 0.2) is 0 Å². The molecule has 108 valence electrons. The molecular formula is C14H14BaO6. The number of carbonyl (C=O) groups excluding carboxylic acids is 2. The molecule has 0 amide bonds. The van der Waals surface area contributed by atoms with Crippen LogP contribution in [0.2, 0.25) is 0 Å². The first-order valence-electron chi connectivity index (χ1n) is 5.14. The summed E-state index contributed by atoms with van der Waals surface area (Å²) >= 11 is 0. The second-order valence-corrected chi connectivity index (χ2v) is 3.31. The van der Waals surface area contributed by atoms with Gasteiger partial charge in [-0.3, -0.25) is 0 Å². The van der Waals surface area contributed by atoms with Crippen molar-refractivity contribution in [1.82, 2.24) is 0 Å². The van der Waals surface area contributed by atoms with Crippen LogP contribution < -0.4 is 10.2 Å². The summed E-state index contributed by atoms with van der Waals surface area (Å²) in [7, 11) is 0. The second-order valence-electron chi connectivity index (χ2n) is 3.31. The molecule has 0 saturated carbocycles. The summed E-state index contributed by atoms with van der Waals surface area (Å²) in [6.07, 6.45) is 0. The van der Waals surface area contributed by atoms with Gasteiger partial charge in [-0.25, -0.2) is 0 Å². The van der Waals surface area contributed by atoms with Gasteiger partial charge in [0.05, 0.1) is 11.9 Å². The standard InChI is InChI=1S/2C7H6O2.Ba.2H2O/c2*8-7(9)6-4-2-1-3-5-6;;;/h2*1-5H,(H,8,9);;2*1H2/q;;+2;;/p-2. The average molecular weight is 416 g/mol. The van der Waals surface area contributed by atoms with Crippen LogP contribution in [0.1, 0.15) is 20.7 Å². The summed E-state index contributed by atoms with van der Waals surface area (Å²) in [5.74, 6) is -2.26. The van der Waals surface area contributed by atoms with E-state index < -0.39 is 11.9 Å². The topological polar surface area (TPSA) is 143 Å². The van der Waals surface area contributed by atoms with E-state index >= 15 is 0 Å². The second kappa shape index (κ2) is 13.8. The minimum absolute atomic E-state index is 0. The summed E-state index contributed by atoms with van der Waals surface area (Å²) < 4.78 is 0. The van der Waals surface area contributed by atoms with E-state index in [9.17, 15) is 19.8 Å². The molecule has 0 spiro atoms. The van der Waals surface area contributed by atoms with Crippen LogP contribution in [0.4, 0.5) is 0 Å². The molecule has 0 aliphatic carbocycles. The minimum atomic E-state index is -1.13. The first-order chi connectivity index (χ1) is 8.61. The maximum Gasteiger partial charge on any atom is 2.00 e. The quantitative estimate of drug-likeness (QED) is 0.526. The van der Waals surface area contributed by atoms with Crippen molar-refractivity contribution in [1.29, 1.82) is 0 Å². The Labute approximate surface area is 162 Å². The van der Waals surface area contributed by atoms with Gasteiger partial charge in [0.2, 0.25) is 0 Å². The van der Waals surface area contributed by atoms with Gasteiger partial charge in [0.25, 0.3) is 0 Å². The largest absolute Gasteiger partial charge is 2.00 e. The zero-order chi connectivity index (χ0) is 13.4. The van der Waals surface area contributed by atoms with Gasteiger partial charge < -0.3 is 30.8 Å². The molecule has 2 aromatic carbocycles. The molecule has 0 aliphatic rings. The van der Waals surface area contributed by atoms with Gasteiger partial charge >= 0.3 is 48.9 Å². The van der Waals surface area contributed by atoms with Gasteiger partial charge in [-0.1, -0.05) is 60.7 Å². The van der Waals surface area contributed by atoms with Crippen molar-refractivity contribution in [2.45, 2.75) is 0 Å². The van der Waals surface area contributed by atoms with Crippen LogP contribution in [0.15, 0.2) is 60.7 Å². The number of carboxylic acids is 2. The molecule has 6 nitrogen and oxygen atoms in total. The Morgan fingerprint density at radius 1 is 0.619 bits per heavy atom. The summed E-state index contributed by atoms with van der Waals surface area (Å²) in [4.78, 5) is 20.2. The molecule has 7 heteroatoms. The molecule has 0 aliphatic heterocycles. The van der Waals surface area contributed by atoms with Crippen LogP contribution in [-0.2, 0) is 0 Å². The van der Waals surface area contributed by atoms with E-state index in [2.05, 4.69) is 0 Å². The Hall–Kier alpha value is -1.13. The van der Waals surface area contributed by atoms with Crippen molar-refractivity contribution in [2.24, 2.45) is 0 Å². The van der Waals surface area contributed by atoms with E-state index in [1.165, 1.54) is 24.3 Å². The molecule has 0 bridgehead atoms. The van der Waals surface area contributed by atoms with Crippen LogP contribution in [0.3, 0.4) is 0 Å². The third-order valence-corrected chi connectivity index (χ3v) is 2.02. The van der Waals surface area contributed by atoms with Crippen molar-refractivity contribution in [3.05, 3.63) is 71.8 Å². The van der Waals surface area contributed by atoms with Gasteiger partial charge in [0.1, 0.15) is 0 Å². The summed E-state index contributed by atoms with van der Waals surface area (Å²) in [5, 5.41) is 20.2. The number of rotatable bonds is 2. The predicted octanol–water partition coefficient (Wildman–Crippen LogP) is -1.93. The molecular weight excluding hydrogens is 401 g/mol. The van der Waals surface area contributed by atoms with E-state index in [0.717, 1.165) is 0 Å². The van der Waals surface area contributed by atoms with Crippen molar-refractivity contribution < 1.29 is 30.8 Å². The summed E-state index contributed by atoms with van der Waals surface area (Å²) in [6.45, 7) is 0. The third-order valence-electron chi connectivity index (χ3n) is 2.02. The molecule has 0 unspecified atom stereocenters. The normalized spacial score (nSPS) is 7.62. The smallest absolute Gasteiger partial charge is 0.545 e. The fourth-order valence-corrected chi connectivity index (χ4v) is 1.15. The average Bonchev–Trinajstić information content (AvgIpc) is 2.41. The Kier molecular flexibility index (Phi) is 16.4. The number of carbonyl (C=O) groups is 2. The molecule has 2 aromatic rings. The first kappa shape index (κ1) is 24.9. The fourth-order valence-electron chi connectivity index (χ4n) is 1.15. The molecule has 4 N–H and O–H groups in total. The summed E-state index contributed by atoms with van der Waals surface area (Å²) in [5.41, 5.74) is 0.440. The van der Waals surface area contributed by atoms with E-state index in [-0.39, 0.29) is 71.0 Å². The monoisotopic (exact) mass is 416 g/mol. The zero-order valence-electron chi connectivity index (χ0n) is 11.1. The molecule has 0 heterocycles. The van der Waals surface area contributed by atoms with Gasteiger partial charge in [-0.15, -0.1) is 0 Å². The number of carboxylic acid groups (broad SMARTS) is 2. The van der Waals surface area contributed by atoms with Gasteiger partial charge in [0, 0.05) is 0 Å². The maximum atomic E-state index is 10.1. The molecule has 21 heavy (non-hydrogen) atoms. The van der Waals surface area contributed by atoms with Crippen LogP contribution in [0, 0.1) is 0 Å². The fraction of sp³-hybridized carbons (Fsp3) is 0. The van der Waals surface area contributed by atoms with Crippen LogP contribution in [0.25, 0.3) is 0 Å². The zero-order valence-corrected chi connectivity index (χ0v) is 15.6.